The average Bonchev–Trinajstić information content (AvgIpc) is 2.79. The van der Waals surface area contributed by atoms with Crippen LogP contribution < -0.4 is 5.32 Å². The van der Waals surface area contributed by atoms with Crippen LogP contribution in [0.2, 0.25) is 0 Å². The van der Waals surface area contributed by atoms with Gasteiger partial charge in [0.25, 0.3) is 0 Å². The van der Waals surface area contributed by atoms with Gasteiger partial charge in [-0.2, -0.15) is 0 Å². The van der Waals surface area contributed by atoms with Crippen LogP contribution in [-0.4, -0.2) is 23.8 Å². The lowest BCUT2D eigenvalue weighted by Gasteiger charge is -2.18. The van der Waals surface area contributed by atoms with Crippen LogP contribution >= 0.6 is 0 Å². The van der Waals surface area contributed by atoms with Crippen molar-refractivity contribution in [3.63, 3.8) is 0 Å². The Balaban J connectivity index is 1.82. The van der Waals surface area contributed by atoms with Crippen molar-refractivity contribution in [1.29, 1.82) is 0 Å². The highest BCUT2D eigenvalue weighted by Gasteiger charge is 2.21. The smallest absolute Gasteiger partial charge is 0.0696 e. The summed E-state index contributed by atoms with van der Waals surface area (Å²) in [7, 11) is 0. The van der Waals surface area contributed by atoms with Gasteiger partial charge in [-0.1, -0.05) is 29.8 Å². The number of hydrogen-bond acceptors (Lipinski definition) is 2. The number of hydrogen-bond donors (Lipinski definition) is 2. The molecule has 0 bridgehead atoms. The lowest BCUT2D eigenvalue weighted by molar-refractivity contribution is 0.127. The van der Waals surface area contributed by atoms with Crippen molar-refractivity contribution < 1.29 is 5.11 Å². The van der Waals surface area contributed by atoms with Crippen molar-refractivity contribution in [2.45, 2.75) is 44.8 Å². The number of aliphatic hydroxyl groups is 1. The molecule has 2 nitrogen and oxygen atoms in total. The fourth-order valence-electron chi connectivity index (χ4n) is 2.42. The van der Waals surface area contributed by atoms with Gasteiger partial charge in [0.1, 0.15) is 0 Å². The summed E-state index contributed by atoms with van der Waals surface area (Å²) in [4.78, 5) is 0. The Morgan fingerprint density at radius 2 is 2.38 bits per heavy atom. The maximum Gasteiger partial charge on any atom is 0.0696 e. The van der Waals surface area contributed by atoms with Gasteiger partial charge in [-0.3, -0.25) is 0 Å². The molecular weight excluding hydrogens is 198 g/mol. The summed E-state index contributed by atoms with van der Waals surface area (Å²) in [6.07, 6.45) is 3.96. The Morgan fingerprint density at radius 1 is 1.50 bits per heavy atom. The first-order chi connectivity index (χ1) is 7.75. The van der Waals surface area contributed by atoms with Crippen molar-refractivity contribution in [2.24, 2.45) is 0 Å². The molecule has 0 aliphatic carbocycles. The first-order valence-corrected chi connectivity index (χ1v) is 6.23. The monoisotopic (exact) mass is 219 g/mol. The zero-order chi connectivity index (χ0) is 11.4. The minimum Gasteiger partial charge on any atom is -0.391 e. The highest BCUT2D eigenvalue weighted by Crippen LogP contribution is 2.14. The second-order valence-electron chi connectivity index (χ2n) is 4.80. The minimum absolute atomic E-state index is 0.192. The molecule has 0 aromatic heterocycles. The molecule has 0 amide bonds. The van der Waals surface area contributed by atoms with E-state index in [1.165, 1.54) is 17.5 Å². The number of aryl methyl sites for hydroxylation is 2. The third kappa shape index (κ3) is 3.06. The summed E-state index contributed by atoms with van der Waals surface area (Å²) >= 11 is 0. The van der Waals surface area contributed by atoms with Gasteiger partial charge < -0.3 is 10.4 Å². The van der Waals surface area contributed by atoms with E-state index in [0.29, 0.717) is 6.04 Å². The second kappa shape index (κ2) is 5.46. The Hall–Kier alpha value is -0.860. The first kappa shape index (κ1) is 11.6. The van der Waals surface area contributed by atoms with Gasteiger partial charge in [0, 0.05) is 6.04 Å². The largest absolute Gasteiger partial charge is 0.391 e. The van der Waals surface area contributed by atoms with E-state index in [0.717, 1.165) is 25.8 Å². The Labute approximate surface area is 97.7 Å². The lowest BCUT2D eigenvalue weighted by Crippen LogP contribution is -2.34. The summed E-state index contributed by atoms with van der Waals surface area (Å²) in [5.74, 6) is 0. The molecule has 1 aromatic carbocycles. The molecule has 1 fully saturated rings. The summed E-state index contributed by atoms with van der Waals surface area (Å²) in [5, 5.41) is 13.4. The van der Waals surface area contributed by atoms with E-state index in [1.807, 2.05) is 0 Å². The topological polar surface area (TPSA) is 32.3 Å². The van der Waals surface area contributed by atoms with Crippen LogP contribution in [0.3, 0.4) is 0 Å². The van der Waals surface area contributed by atoms with Gasteiger partial charge in [-0.05, 0) is 44.7 Å². The molecule has 0 radical (unpaired) electrons. The summed E-state index contributed by atoms with van der Waals surface area (Å²) < 4.78 is 0. The first-order valence-electron chi connectivity index (χ1n) is 6.23. The van der Waals surface area contributed by atoms with Crippen LogP contribution in [0.15, 0.2) is 24.3 Å². The van der Waals surface area contributed by atoms with Crippen LogP contribution in [0.1, 0.15) is 30.4 Å². The zero-order valence-electron chi connectivity index (χ0n) is 9.95. The van der Waals surface area contributed by atoms with E-state index in [4.69, 9.17) is 0 Å². The Kier molecular flexibility index (Phi) is 3.97. The van der Waals surface area contributed by atoms with Crippen LogP contribution in [-0.2, 0) is 6.42 Å². The molecule has 2 unspecified atom stereocenters. The van der Waals surface area contributed by atoms with Crippen LogP contribution in [0.4, 0.5) is 0 Å². The van der Waals surface area contributed by atoms with E-state index in [1.54, 1.807) is 0 Å². The zero-order valence-corrected chi connectivity index (χ0v) is 9.95. The molecule has 0 saturated carbocycles. The summed E-state index contributed by atoms with van der Waals surface area (Å²) in [5.41, 5.74) is 2.63. The molecule has 2 heteroatoms. The van der Waals surface area contributed by atoms with E-state index in [2.05, 4.69) is 36.5 Å². The van der Waals surface area contributed by atoms with Gasteiger partial charge in [0.05, 0.1) is 6.10 Å². The normalized spacial score (nSPS) is 22.2. The van der Waals surface area contributed by atoms with E-state index >= 15 is 0 Å². The number of rotatable bonds is 4. The quantitative estimate of drug-likeness (QED) is 0.812. The molecule has 16 heavy (non-hydrogen) atoms. The van der Waals surface area contributed by atoms with Gasteiger partial charge in [-0.15, -0.1) is 0 Å². The molecule has 1 saturated heterocycles. The van der Waals surface area contributed by atoms with Gasteiger partial charge in [-0.25, -0.2) is 0 Å². The Bertz CT molecular complexity index is 331. The maximum atomic E-state index is 10.0. The number of nitrogens with one attached hydrogen (secondary N) is 1. The fourth-order valence-corrected chi connectivity index (χ4v) is 2.42. The molecule has 1 aliphatic heterocycles. The molecule has 2 atom stereocenters. The minimum atomic E-state index is -0.192. The summed E-state index contributed by atoms with van der Waals surface area (Å²) in [6, 6.07) is 8.87. The lowest BCUT2D eigenvalue weighted by atomic mass is 10.00. The van der Waals surface area contributed by atoms with Crippen molar-refractivity contribution in [1.82, 2.24) is 5.32 Å². The second-order valence-corrected chi connectivity index (χ2v) is 4.80. The highest BCUT2D eigenvalue weighted by atomic mass is 16.3. The highest BCUT2D eigenvalue weighted by molar-refractivity contribution is 5.22. The van der Waals surface area contributed by atoms with E-state index in [-0.39, 0.29) is 6.10 Å². The predicted molar refractivity (Wildman–Crippen MR) is 66.5 cm³/mol. The number of benzene rings is 1. The average molecular weight is 219 g/mol. The molecule has 2 rings (SSSR count). The predicted octanol–water partition coefficient (Wildman–Crippen LogP) is 2.04. The molecular formula is C14H21NO. The van der Waals surface area contributed by atoms with Crippen LogP contribution in [0.25, 0.3) is 0 Å². The van der Waals surface area contributed by atoms with E-state index in [9.17, 15) is 5.11 Å². The Morgan fingerprint density at radius 3 is 3.06 bits per heavy atom. The summed E-state index contributed by atoms with van der Waals surface area (Å²) in [6.45, 7) is 3.17. The third-order valence-corrected chi connectivity index (χ3v) is 3.37. The fraction of sp³-hybridized carbons (Fsp3) is 0.571. The molecule has 88 valence electrons. The SMILES string of the molecule is Cc1cccc(CCC(O)C2CCCN2)c1. The third-order valence-electron chi connectivity index (χ3n) is 3.37. The van der Waals surface area contributed by atoms with Crippen LogP contribution in [0, 0.1) is 6.92 Å². The molecule has 0 spiro atoms. The molecule has 1 aromatic rings. The molecule has 1 aliphatic rings. The van der Waals surface area contributed by atoms with Gasteiger partial charge in [0.15, 0.2) is 0 Å². The van der Waals surface area contributed by atoms with Gasteiger partial charge in [0.2, 0.25) is 0 Å². The van der Waals surface area contributed by atoms with Gasteiger partial charge >= 0.3 is 0 Å². The van der Waals surface area contributed by atoms with Crippen molar-refractivity contribution >= 4 is 0 Å². The van der Waals surface area contributed by atoms with Crippen molar-refractivity contribution in [3.05, 3.63) is 35.4 Å². The van der Waals surface area contributed by atoms with Crippen molar-refractivity contribution in [3.8, 4) is 0 Å². The van der Waals surface area contributed by atoms with E-state index < -0.39 is 0 Å². The number of aliphatic hydroxyl groups excluding tert-OH is 1. The maximum absolute atomic E-state index is 10.0. The van der Waals surface area contributed by atoms with Crippen molar-refractivity contribution in [2.75, 3.05) is 6.54 Å². The van der Waals surface area contributed by atoms with Crippen LogP contribution in [0.5, 0.6) is 0 Å². The molecule has 2 N–H and O–H groups in total. The molecule has 1 heterocycles. The standard InChI is InChI=1S/C14H21NO/c1-11-4-2-5-12(10-11)7-8-14(16)13-6-3-9-15-13/h2,4-5,10,13-16H,3,6-9H2,1H3.